The summed E-state index contributed by atoms with van der Waals surface area (Å²) in [5, 5.41) is 0. The van der Waals surface area contributed by atoms with Gasteiger partial charge in [-0.3, -0.25) is 19.6 Å². The second-order valence-electron chi connectivity index (χ2n) is 5.97. The molecule has 1 amide bonds. The Morgan fingerprint density at radius 1 is 1.15 bits per heavy atom. The summed E-state index contributed by atoms with van der Waals surface area (Å²) in [7, 11) is 4.69. The van der Waals surface area contributed by atoms with Crippen LogP contribution in [0.1, 0.15) is 24.8 Å². The fraction of sp³-hybridized carbons (Fsp3) is 0.300. The molecule has 0 spiro atoms. The van der Waals surface area contributed by atoms with Crippen LogP contribution in [-0.2, 0) is 14.3 Å². The summed E-state index contributed by atoms with van der Waals surface area (Å²) < 4.78 is 4.58. The molecular weight excluding hydrogens is 344 g/mol. The number of nitrogens with two attached hydrogens (primary N) is 1. The number of benzene rings is 1. The normalized spacial score (nSPS) is 11.1. The Hall–Kier alpha value is -3.22. The van der Waals surface area contributed by atoms with Crippen LogP contribution in [0.4, 0.5) is 5.69 Å². The second-order valence-corrected chi connectivity index (χ2v) is 5.97. The van der Waals surface area contributed by atoms with Crippen LogP contribution in [0.15, 0.2) is 47.6 Å². The Kier molecular flexibility index (Phi) is 7.05. The van der Waals surface area contributed by atoms with Crippen molar-refractivity contribution in [3.05, 3.63) is 48.2 Å². The summed E-state index contributed by atoms with van der Waals surface area (Å²) in [6.07, 6.45) is 2.68. The van der Waals surface area contributed by atoms with E-state index >= 15 is 0 Å². The van der Waals surface area contributed by atoms with Crippen molar-refractivity contribution in [3.63, 3.8) is 0 Å². The number of amidine groups is 1. The van der Waals surface area contributed by atoms with Gasteiger partial charge in [0.05, 0.1) is 12.8 Å². The lowest BCUT2D eigenvalue weighted by Crippen LogP contribution is -2.26. The average Bonchev–Trinajstić information content (AvgIpc) is 2.72. The Balaban J connectivity index is 2.01. The Labute approximate surface area is 158 Å². The number of rotatable bonds is 7. The first-order chi connectivity index (χ1) is 13.0. The first kappa shape index (κ1) is 20.1. The third-order valence-corrected chi connectivity index (χ3v) is 4.22. The number of esters is 1. The van der Waals surface area contributed by atoms with Gasteiger partial charge in [-0.2, -0.15) is 0 Å². The van der Waals surface area contributed by atoms with Gasteiger partial charge >= 0.3 is 5.97 Å². The number of methoxy groups -OCH3 is 1. The minimum Gasteiger partial charge on any atom is -0.469 e. The van der Waals surface area contributed by atoms with Gasteiger partial charge in [-0.1, -0.05) is 12.1 Å². The lowest BCUT2D eigenvalue weighted by molar-refractivity contribution is -0.140. The second kappa shape index (κ2) is 9.47. The highest BCUT2D eigenvalue weighted by atomic mass is 16.5. The van der Waals surface area contributed by atoms with Crippen molar-refractivity contribution in [3.8, 4) is 11.3 Å². The molecule has 1 aromatic carbocycles. The topological polar surface area (TPSA) is 97.9 Å². The van der Waals surface area contributed by atoms with E-state index in [2.05, 4.69) is 14.7 Å². The zero-order valence-corrected chi connectivity index (χ0v) is 15.8. The van der Waals surface area contributed by atoms with Gasteiger partial charge in [0.25, 0.3) is 0 Å². The molecule has 7 nitrogen and oxygen atoms in total. The maximum Gasteiger partial charge on any atom is 0.305 e. The first-order valence-corrected chi connectivity index (χ1v) is 8.58. The monoisotopic (exact) mass is 368 g/mol. The molecule has 1 aromatic heterocycles. The molecule has 0 bridgehead atoms. The van der Waals surface area contributed by atoms with Gasteiger partial charge in [-0.15, -0.1) is 0 Å². The summed E-state index contributed by atoms with van der Waals surface area (Å²) in [6, 6.07) is 11.3. The van der Waals surface area contributed by atoms with E-state index in [-0.39, 0.29) is 24.7 Å². The molecule has 27 heavy (non-hydrogen) atoms. The number of amides is 1. The predicted octanol–water partition coefficient (Wildman–Crippen LogP) is 2.39. The first-order valence-electron chi connectivity index (χ1n) is 8.58. The van der Waals surface area contributed by atoms with Crippen molar-refractivity contribution < 1.29 is 14.3 Å². The molecule has 0 fully saturated rings. The molecule has 0 saturated heterocycles. The van der Waals surface area contributed by atoms with Crippen LogP contribution < -0.4 is 10.6 Å². The maximum absolute atomic E-state index is 12.2. The smallest absolute Gasteiger partial charge is 0.305 e. The van der Waals surface area contributed by atoms with E-state index in [0.717, 1.165) is 22.5 Å². The molecule has 0 aliphatic carbocycles. The Morgan fingerprint density at radius 3 is 2.41 bits per heavy atom. The van der Waals surface area contributed by atoms with E-state index in [1.807, 2.05) is 36.4 Å². The molecule has 0 atom stereocenters. The summed E-state index contributed by atoms with van der Waals surface area (Å²) in [4.78, 5) is 33.3. The van der Waals surface area contributed by atoms with Crippen LogP contribution in [0.2, 0.25) is 0 Å². The van der Waals surface area contributed by atoms with Gasteiger partial charge in [0.15, 0.2) is 0 Å². The summed E-state index contributed by atoms with van der Waals surface area (Å²) in [5.41, 5.74) is 9.06. The van der Waals surface area contributed by atoms with Gasteiger partial charge in [0.2, 0.25) is 5.91 Å². The number of hydrogen-bond donors (Lipinski definition) is 1. The van der Waals surface area contributed by atoms with Crippen LogP contribution in [-0.4, -0.2) is 43.9 Å². The number of hydrogen-bond acceptors (Lipinski definition) is 5. The van der Waals surface area contributed by atoms with Gasteiger partial charge in [-0.25, -0.2) is 0 Å². The van der Waals surface area contributed by atoms with Crippen LogP contribution >= 0.6 is 0 Å². The zero-order valence-electron chi connectivity index (χ0n) is 15.8. The molecule has 2 aromatic rings. The minimum absolute atomic E-state index is 0.0524. The number of aliphatic imine (C=N–C) groups is 1. The number of anilines is 1. The highest BCUT2D eigenvalue weighted by Gasteiger charge is 2.12. The molecule has 1 heterocycles. The molecule has 7 heteroatoms. The standard InChI is InChI=1S/C20H24N4O3/c1-22-20(21)15-9-12-17(23-13-15)14-7-10-16(11-8-14)24(2)18(25)5-4-6-19(26)27-3/h7-13H,4-6H2,1-3H3,(H2,21,22). The summed E-state index contributed by atoms with van der Waals surface area (Å²) in [6.45, 7) is 0. The number of nitrogens with zero attached hydrogens (tertiary/aromatic N) is 3. The van der Waals surface area contributed by atoms with Gasteiger partial charge in [0.1, 0.15) is 5.84 Å². The number of ether oxygens (including phenoxy) is 1. The highest BCUT2D eigenvalue weighted by Crippen LogP contribution is 2.22. The number of carbonyl (C=O) groups excluding carboxylic acids is 2. The van der Waals surface area contributed by atoms with Gasteiger partial charge < -0.3 is 15.4 Å². The number of aromatic nitrogens is 1. The molecule has 0 aliphatic rings. The maximum atomic E-state index is 12.2. The molecule has 2 rings (SSSR count). The van der Waals surface area contributed by atoms with Crippen molar-refractivity contribution in [1.29, 1.82) is 0 Å². The summed E-state index contributed by atoms with van der Waals surface area (Å²) >= 11 is 0. The molecule has 0 unspecified atom stereocenters. The highest BCUT2D eigenvalue weighted by molar-refractivity contribution is 5.97. The van der Waals surface area contributed by atoms with E-state index in [1.165, 1.54) is 7.11 Å². The Bertz CT molecular complexity index is 814. The van der Waals surface area contributed by atoms with Crippen molar-refractivity contribution in [1.82, 2.24) is 4.98 Å². The van der Waals surface area contributed by atoms with Gasteiger partial charge in [0, 0.05) is 49.9 Å². The molecule has 2 N–H and O–H groups in total. The molecule has 142 valence electrons. The van der Waals surface area contributed by atoms with Crippen LogP contribution in [0.25, 0.3) is 11.3 Å². The Morgan fingerprint density at radius 2 is 1.85 bits per heavy atom. The van der Waals surface area contributed by atoms with E-state index in [9.17, 15) is 9.59 Å². The van der Waals surface area contributed by atoms with Crippen LogP contribution in [0.5, 0.6) is 0 Å². The van der Waals surface area contributed by atoms with E-state index in [1.54, 1.807) is 25.2 Å². The van der Waals surface area contributed by atoms with E-state index < -0.39 is 0 Å². The fourth-order valence-corrected chi connectivity index (χ4v) is 2.50. The number of pyridine rings is 1. The summed E-state index contributed by atoms with van der Waals surface area (Å²) in [5.74, 6) is 0.0838. The van der Waals surface area contributed by atoms with Gasteiger partial charge in [-0.05, 0) is 30.7 Å². The average molecular weight is 368 g/mol. The third-order valence-electron chi connectivity index (χ3n) is 4.22. The lowest BCUT2D eigenvalue weighted by Gasteiger charge is -2.17. The van der Waals surface area contributed by atoms with Crippen LogP contribution in [0, 0.1) is 0 Å². The molecule has 0 radical (unpaired) electrons. The van der Waals surface area contributed by atoms with Crippen molar-refractivity contribution in [2.45, 2.75) is 19.3 Å². The predicted molar refractivity (Wildman–Crippen MR) is 106 cm³/mol. The SMILES string of the molecule is CN=C(N)c1ccc(-c2ccc(N(C)C(=O)CCCC(=O)OC)cc2)nc1. The zero-order chi connectivity index (χ0) is 19.8. The molecule has 0 aliphatic heterocycles. The van der Waals surface area contributed by atoms with E-state index in [0.29, 0.717) is 12.3 Å². The minimum atomic E-state index is -0.305. The largest absolute Gasteiger partial charge is 0.469 e. The van der Waals surface area contributed by atoms with Crippen LogP contribution in [0.3, 0.4) is 0 Å². The molecular formula is C20H24N4O3. The third kappa shape index (κ3) is 5.37. The quantitative estimate of drug-likeness (QED) is 0.460. The fourth-order valence-electron chi connectivity index (χ4n) is 2.50. The van der Waals surface area contributed by atoms with Crippen molar-refractivity contribution >= 4 is 23.4 Å². The number of carbonyl (C=O) groups is 2. The molecule has 0 saturated carbocycles. The lowest BCUT2D eigenvalue weighted by atomic mass is 10.1. The van der Waals surface area contributed by atoms with Crippen molar-refractivity contribution in [2.75, 3.05) is 26.1 Å². The van der Waals surface area contributed by atoms with E-state index in [4.69, 9.17) is 5.73 Å². The van der Waals surface area contributed by atoms with Crippen molar-refractivity contribution in [2.24, 2.45) is 10.7 Å².